The topological polar surface area (TPSA) is 0 Å². The van der Waals surface area contributed by atoms with Crippen LogP contribution in [0.1, 0.15) is 17.5 Å². The SMILES string of the molecule is CSCCC1Cc2ccccc2C1. The lowest BCUT2D eigenvalue weighted by atomic mass is 10.0. The van der Waals surface area contributed by atoms with Crippen LogP contribution in [0.5, 0.6) is 0 Å². The lowest BCUT2D eigenvalue weighted by Crippen LogP contribution is -2.00. The molecule has 0 amide bonds. The Hall–Kier alpha value is -0.430. The molecule has 1 aromatic rings. The third-order valence-corrected chi connectivity index (χ3v) is 3.51. The second kappa shape index (κ2) is 4.19. The molecule has 0 radical (unpaired) electrons. The van der Waals surface area contributed by atoms with Crippen molar-refractivity contribution >= 4 is 11.8 Å². The zero-order valence-electron chi connectivity index (χ0n) is 8.12. The Morgan fingerprint density at radius 2 is 1.85 bits per heavy atom. The molecule has 70 valence electrons. The van der Waals surface area contributed by atoms with Gasteiger partial charge in [0.2, 0.25) is 0 Å². The van der Waals surface area contributed by atoms with E-state index >= 15 is 0 Å². The van der Waals surface area contributed by atoms with Gasteiger partial charge in [-0.2, -0.15) is 11.8 Å². The summed E-state index contributed by atoms with van der Waals surface area (Å²) < 4.78 is 0. The molecule has 0 atom stereocenters. The minimum atomic E-state index is 0.921. The average molecular weight is 192 g/mol. The van der Waals surface area contributed by atoms with E-state index in [9.17, 15) is 0 Å². The van der Waals surface area contributed by atoms with E-state index in [1.54, 1.807) is 11.1 Å². The number of fused-ring (bicyclic) bond motifs is 1. The van der Waals surface area contributed by atoms with Gasteiger partial charge in [0.15, 0.2) is 0 Å². The molecular formula is C12H16S. The van der Waals surface area contributed by atoms with Crippen LogP contribution >= 0.6 is 11.8 Å². The normalized spacial score (nSPS) is 16.1. The standard InChI is InChI=1S/C12H16S/c1-13-7-6-10-8-11-4-2-3-5-12(11)9-10/h2-5,10H,6-9H2,1H3. The summed E-state index contributed by atoms with van der Waals surface area (Å²) in [5.41, 5.74) is 3.18. The van der Waals surface area contributed by atoms with Crippen molar-refractivity contribution in [2.75, 3.05) is 12.0 Å². The van der Waals surface area contributed by atoms with E-state index in [0.29, 0.717) is 0 Å². The Bertz CT molecular complexity index is 255. The summed E-state index contributed by atoms with van der Waals surface area (Å²) >= 11 is 1.97. The third kappa shape index (κ3) is 2.08. The van der Waals surface area contributed by atoms with Gasteiger partial charge in [0, 0.05) is 0 Å². The molecule has 13 heavy (non-hydrogen) atoms. The van der Waals surface area contributed by atoms with Crippen molar-refractivity contribution in [3.8, 4) is 0 Å². The summed E-state index contributed by atoms with van der Waals surface area (Å²) in [7, 11) is 0. The fourth-order valence-corrected chi connectivity index (χ4v) is 2.71. The first-order valence-electron chi connectivity index (χ1n) is 4.96. The zero-order chi connectivity index (χ0) is 9.10. The van der Waals surface area contributed by atoms with E-state index in [0.717, 1.165) is 5.92 Å². The molecule has 0 N–H and O–H groups in total. The predicted molar refractivity (Wildman–Crippen MR) is 60.3 cm³/mol. The summed E-state index contributed by atoms with van der Waals surface area (Å²) in [6, 6.07) is 8.90. The first kappa shape index (κ1) is 9.14. The van der Waals surface area contributed by atoms with Crippen LogP contribution in [0.25, 0.3) is 0 Å². The molecule has 0 saturated carbocycles. The highest BCUT2D eigenvalue weighted by Gasteiger charge is 2.19. The summed E-state index contributed by atoms with van der Waals surface area (Å²) in [4.78, 5) is 0. The van der Waals surface area contributed by atoms with Crippen LogP contribution in [-0.2, 0) is 12.8 Å². The van der Waals surface area contributed by atoms with Gasteiger partial charge >= 0.3 is 0 Å². The second-order valence-corrected chi connectivity index (χ2v) is 4.81. The highest BCUT2D eigenvalue weighted by atomic mass is 32.2. The molecule has 1 heteroatoms. The maximum absolute atomic E-state index is 2.29. The van der Waals surface area contributed by atoms with E-state index in [4.69, 9.17) is 0 Å². The van der Waals surface area contributed by atoms with Crippen molar-refractivity contribution in [2.45, 2.75) is 19.3 Å². The summed E-state index contributed by atoms with van der Waals surface area (Å²) in [6.45, 7) is 0. The highest BCUT2D eigenvalue weighted by Crippen LogP contribution is 2.28. The maximum Gasteiger partial charge on any atom is -0.00674 e. The summed E-state index contributed by atoms with van der Waals surface area (Å²) in [5.74, 6) is 2.24. The Morgan fingerprint density at radius 1 is 1.23 bits per heavy atom. The quantitative estimate of drug-likeness (QED) is 0.709. The lowest BCUT2D eigenvalue weighted by Gasteiger charge is -2.05. The molecule has 0 spiro atoms. The maximum atomic E-state index is 2.29. The summed E-state index contributed by atoms with van der Waals surface area (Å²) in [6.07, 6.45) is 6.21. The van der Waals surface area contributed by atoms with E-state index < -0.39 is 0 Å². The molecule has 1 aromatic carbocycles. The smallest absolute Gasteiger partial charge is 0.00674 e. The molecule has 0 bridgehead atoms. The van der Waals surface area contributed by atoms with Gasteiger partial charge in [0.1, 0.15) is 0 Å². The Kier molecular flexibility index (Phi) is 2.94. The van der Waals surface area contributed by atoms with Crippen LogP contribution in [0.3, 0.4) is 0 Å². The fourth-order valence-electron chi connectivity index (χ4n) is 2.14. The molecule has 1 aliphatic rings. The van der Waals surface area contributed by atoms with Crippen LogP contribution < -0.4 is 0 Å². The van der Waals surface area contributed by atoms with Gasteiger partial charge in [-0.1, -0.05) is 24.3 Å². The molecule has 2 rings (SSSR count). The van der Waals surface area contributed by atoms with Crippen LogP contribution in [0.4, 0.5) is 0 Å². The van der Waals surface area contributed by atoms with Gasteiger partial charge in [-0.05, 0) is 48.3 Å². The van der Waals surface area contributed by atoms with Crippen molar-refractivity contribution in [3.05, 3.63) is 35.4 Å². The van der Waals surface area contributed by atoms with Gasteiger partial charge in [-0.15, -0.1) is 0 Å². The first-order chi connectivity index (χ1) is 6.40. The van der Waals surface area contributed by atoms with Gasteiger partial charge in [-0.25, -0.2) is 0 Å². The molecule has 0 aromatic heterocycles. The van der Waals surface area contributed by atoms with Crippen molar-refractivity contribution in [2.24, 2.45) is 5.92 Å². The minimum Gasteiger partial charge on any atom is -0.165 e. The van der Waals surface area contributed by atoms with Crippen molar-refractivity contribution < 1.29 is 0 Å². The van der Waals surface area contributed by atoms with E-state index in [-0.39, 0.29) is 0 Å². The zero-order valence-corrected chi connectivity index (χ0v) is 8.94. The van der Waals surface area contributed by atoms with E-state index in [1.807, 2.05) is 11.8 Å². The van der Waals surface area contributed by atoms with Crippen LogP contribution in [0, 0.1) is 5.92 Å². The van der Waals surface area contributed by atoms with Crippen molar-refractivity contribution in [1.29, 1.82) is 0 Å². The number of benzene rings is 1. The largest absolute Gasteiger partial charge is 0.165 e. The third-order valence-electron chi connectivity index (χ3n) is 2.87. The van der Waals surface area contributed by atoms with Gasteiger partial charge in [0.05, 0.1) is 0 Å². The Labute approximate surface area is 84.7 Å². The van der Waals surface area contributed by atoms with Crippen molar-refractivity contribution in [1.82, 2.24) is 0 Å². The molecule has 0 aliphatic heterocycles. The number of thioether (sulfide) groups is 1. The van der Waals surface area contributed by atoms with Crippen LogP contribution in [0.15, 0.2) is 24.3 Å². The molecule has 0 heterocycles. The monoisotopic (exact) mass is 192 g/mol. The number of hydrogen-bond acceptors (Lipinski definition) is 1. The van der Waals surface area contributed by atoms with Crippen molar-refractivity contribution in [3.63, 3.8) is 0 Å². The second-order valence-electron chi connectivity index (χ2n) is 3.82. The Morgan fingerprint density at radius 3 is 2.38 bits per heavy atom. The Balaban J connectivity index is 1.97. The molecule has 0 nitrogen and oxygen atoms in total. The van der Waals surface area contributed by atoms with Gasteiger partial charge in [-0.3, -0.25) is 0 Å². The predicted octanol–water partition coefficient (Wildman–Crippen LogP) is 3.15. The number of rotatable bonds is 3. The lowest BCUT2D eigenvalue weighted by molar-refractivity contribution is 0.547. The number of hydrogen-bond donors (Lipinski definition) is 0. The first-order valence-corrected chi connectivity index (χ1v) is 6.35. The molecule has 0 unspecified atom stereocenters. The van der Waals surface area contributed by atoms with Crippen LogP contribution in [0.2, 0.25) is 0 Å². The molecular weight excluding hydrogens is 176 g/mol. The van der Waals surface area contributed by atoms with Gasteiger partial charge < -0.3 is 0 Å². The molecule has 0 saturated heterocycles. The van der Waals surface area contributed by atoms with E-state index in [2.05, 4.69) is 30.5 Å². The van der Waals surface area contributed by atoms with Crippen LogP contribution in [-0.4, -0.2) is 12.0 Å². The fraction of sp³-hybridized carbons (Fsp3) is 0.500. The molecule has 0 fully saturated rings. The van der Waals surface area contributed by atoms with E-state index in [1.165, 1.54) is 25.0 Å². The van der Waals surface area contributed by atoms with Gasteiger partial charge in [0.25, 0.3) is 0 Å². The molecule has 1 aliphatic carbocycles. The summed E-state index contributed by atoms with van der Waals surface area (Å²) in [5, 5.41) is 0. The minimum absolute atomic E-state index is 0.921. The average Bonchev–Trinajstić information content (AvgIpc) is 2.57. The highest BCUT2D eigenvalue weighted by molar-refractivity contribution is 7.98.